The van der Waals surface area contributed by atoms with Crippen LogP contribution in [0.3, 0.4) is 0 Å². The third kappa shape index (κ3) is 4.53. The minimum absolute atomic E-state index is 0.0730. The Morgan fingerprint density at radius 1 is 0.941 bits per heavy atom. The first-order valence-corrected chi connectivity index (χ1v) is 11.2. The molecule has 3 aromatic carbocycles. The van der Waals surface area contributed by atoms with E-state index in [2.05, 4.69) is 0 Å². The van der Waals surface area contributed by atoms with E-state index < -0.39 is 17.7 Å². The second kappa shape index (κ2) is 10.3. The second-order valence-corrected chi connectivity index (χ2v) is 8.04. The highest BCUT2D eigenvalue weighted by Gasteiger charge is 2.45. The largest absolute Gasteiger partial charge is 0.507 e. The van der Waals surface area contributed by atoms with Gasteiger partial charge in [-0.3, -0.25) is 9.59 Å². The number of methoxy groups -OCH3 is 1. The van der Waals surface area contributed by atoms with Crippen LogP contribution in [0.4, 0.5) is 0 Å². The number of rotatable bonds is 8. The van der Waals surface area contributed by atoms with Crippen molar-refractivity contribution >= 4 is 17.4 Å². The van der Waals surface area contributed by atoms with Gasteiger partial charge in [-0.05, 0) is 29.7 Å². The summed E-state index contributed by atoms with van der Waals surface area (Å²) in [5, 5.41) is 11.1. The Balaban J connectivity index is 1.78. The highest BCUT2D eigenvalue weighted by atomic mass is 16.5. The van der Waals surface area contributed by atoms with E-state index >= 15 is 0 Å². The van der Waals surface area contributed by atoms with E-state index in [1.165, 1.54) is 4.90 Å². The predicted octanol–water partition coefficient (Wildman–Crippen LogP) is 5.11. The first kappa shape index (κ1) is 23.1. The lowest BCUT2D eigenvalue weighted by Crippen LogP contribution is -2.30. The number of ketones is 1. The fraction of sp³-hybridized carbons (Fsp3) is 0.214. The highest BCUT2D eigenvalue weighted by Crippen LogP contribution is 2.42. The number of likely N-dealkylation sites (tertiary alicyclic amines) is 1. The average Bonchev–Trinajstić information content (AvgIpc) is 3.13. The lowest BCUT2D eigenvalue weighted by atomic mass is 9.95. The van der Waals surface area contributed by atoms with Crippen molar-refractivity contribution in [3.8, 4) is 11.5 Å². The summed E-state index contributed by atoms with van der Waals surface area (Å²) in [7, 11) is 1.56. The molecule has 0 spiro atoms. The maximum atomic E-state index is 13.0. The van der Waals surface area contributed by atoms with E-state index in [-0.39, 0.29) is 11.3 Å². The molecule has 4 rings (SSSR count). The SMILES string of the molecule is CCCN1C(=O)C(=O)/C(=C(\O)c2ccccc2)C1c1ccc(OC)c(OCc2ccccc2)c1. The Morgan fingerprint density at radius 3 is 2.26 bits per heavy atom. The van der Waals surface area contributed by atoms with E-state index in [4.69, 9.17) is 9.47 Å². The maximum absolute atomic E-state index is 13.0. The molecule has 1 atom stereocenters. The standard InChI is InChI=1S/C28H27NO5/c1-3-16-29-25(24(27(31)28(29)32)26(30)20-12-8-5-9-13-20)21-14-15-22(33-2)23(17-21)34-18-19-10-6-4-7-11-19/h4-15,17,25,30H,3,16,18H2,1-2H3/b26-24-. The molecule has 1 amide bonds. The molecule has 0 saturated carbocycles. The summed E-state index contributed by atoms with van der Waals surface area (Å²) in [6.07, 6.45) is 0.669. The molecule has 1 aliphatic rings. The molecule has 1 aliphatic heterocycles. The number of benzene rings is 3. The topological polar surface area (TPSA) is 76.1 Å². The number of carbonyl (C=O) groups is 2. The molecule has 0 radical (unpaired) electrons. The summed E-state index contributed by atoms with van der Waals surface area (Å²) in [6.45, 7) is 2.66. The van der Waals surface area contributed by atoms with E-state index in [1.807, 2.05) is 43.3 Å². The molecular weight excluding hydrogens is 430 g/mol. The zero-order valence-corrected chi connectivity index (χ0v) is 19.2. The van der Waals surface area contributed by atoms with Gasteiger partial charge in [-0.25, -0.2) is 0 Å². The summed E-state index contributed by atoms with van der Waals surface area (Å²) in [5.74, 6) is -0.472. The molecule has 1 heterocycles. The quantitative estimate of drug-likeness (QED) is 0.289. The number of carbonyl (C=O) groups excluding carboxylic acids is 2. The van der Waals surface area contributed by atoms with Gasteiger partial charge < -0.3 is 19.5 Å². The molecule has 6 heteroatoms. The Hall–Kier alpha value is -4.06. The Kier molecular flexibility index (Phi) is 6.97. The van der Waals surface area contributed by atoms with Crippen LogP contribution in [0, 0.1) is 0 Å². The van der Waals surface area contributed by atoms with Crippen LogP contribution in [0.25, 0.3) is 5.76 Å². The average molecular weight is 458 g/mol. The molecule has 1 N–H and O–H groups in total. The number of aliphatic hydroxyl groups is 1. The first-order valence-electron chi connectivity index (χ1n) is 11.2. The molecule has 174 valence electrons. The smallest absolute Gasteiger partial charge is 0.295 e. The molecule has 34 heavy (non-hydrogen) atoms. The van der Waals surface area contributed by atoms with Crippen LogP contribution in [0.2, 0.25) is 0 Å². The fourth-order valence-electron chi connectivity index (χ4n) is 4.16. The predicted molar refractivity (Wildman–Crippen MR) is 130 cm³/mol. The number of hydrogen-bond acceptors (Lipinski definition) is 5. The van der Waals surface area contributed by atoms with Crippen LogP contribution < -0.4 is 9.47 Å². The van der Waals surface area contributed by atoms with Gasteiger partial charge in [0.2, 0.25) is 0 Å². The molecule has 0 bridgehead atoms. The number of Topliss-reactive ketones (excluding diaryl/α,β-unsaturated/α-hetero) is 1. The lowest BCUT2D eigenvalue weighted by Gasteiger charge is -2.25. The zero-order chi connectivity index (χ0) is 24.1. The van der Waals surface area contributed by atoms with Crippen molar-refractivity contribution in [2.75, 3.05) is 13.7 Å². The van der Waals surface area contributed by atoms with Crippen molar-refractivity contribution in [2.24, 2.45) is 0 Å². The van der Waals surface area contributed by atoms with Gasteiger partial charge in [0, 0.05) is 12.1 Å². The monoisotopic (exact) mass is 457 g/mol. The molecular formula is C28H27NO5. The van der Waals surface area contributed by atoms with Gasteiger partial charge in [-0.15, -0.1) is 0 Å². The highest BCUT2D eigenvalue weighted by molar-refractivity contribution is 6.46. The third-order valence-electron chi connectivity index (χ3n) is 5.79. The summed E-state index contributed by atoms with van der Waals surface area (Å²) in [6, 6.07) is 23.1. The van der Waals surface area contributed by atoms with Gasteiger partial charge in [0.25, 0.3) is 11.7 Å². The van der Waals surface area contributed by atoms with Gasteiger partial charge in [0.05, 0.1) is 18.7 Å². The Labute approximate surface area is 199 Å². The Bertz CT molecular complexity index is 1200. The second-order valence-electron chi connectivity index (χ2n) is 8.04. The maximum Gasteiger partial charge on any atom is 0.295 e. The summed E-state index contributed by atoms with van der Waals surface area (Å²) >= 11 is 0. The number of aliphatic hydroxyl groups excluding tert-OH is 1. The minimum atomic E-state index is -0.731. The van der Waals surface area contributed by atoms with Crippen LogP contribution in [-0.2, 0) is 16.2 Å². The Morgan fingerprint density at radius 2 is 1.62 bits per heavy atom. The van der Waals surface area contributed by atoms with Crippen LogP contribution in [0.5, 0.6) is 11.5 Å². The first-order chi connectivity index (χ1) is 16.5. The van der Waals surface area contributed by atoms with Crippen molar-refractivity contribution in [1.29, 1.82) is 0 Å². The van der Waals surface area contributed by atoms with Crippen molar-refractivity contribution in [3.05, 3.63) is 101 Å². The molecule has 6 nitrogen and oxygen atoms in total. The third-order valence-corrected chi connectivity index (χ3v) is 5.79. The molecule has 0 aromatic heterocycles. The molecule has 1 fully saturated rings. The summed E-state index contributed by atoms with van der Waals surface area (Å²) in [4.78, 5) is 27.5. The molecule has 1 unspecified atom stereocenters. The molecule has 1 saturated heterocycles. The van der Waals surface area contributed by atoms with E-state index in [1.54, 1.807) is 49.6 Å². The van der Waals surface area contributed by atoms with Crippen molar-refractivity contribution in [1.82, 2.24) is 4.90 Å². The van der Waals surface area contributed by atoms with E-state index in [0.29, 0.717) is 42.2 Å². The summed E-state index contributed by atoms with van der Waals surface area (Å²) < 4.78 is 11.5. The fourth-order valence-corrected chi connectivity index (χ4v) is 4.16. The van der Waals surface area contributed by atoms with Crippen LogP contribution in [-0.4, -0.2) is 35.4 Å². The van der Waals surface area contributed by atoms with Gasteiger partial charge in [-0.2, -0.15) is 0 Å². The van der Waals surface area contributed by atoms with Gasteiger partial charge in [-0.1, -0.05) is 73.7 Å². The van der Waals surface area contributed by atoms with Crippen molar-refractivity contribution in [3.63, 3.8) is 0 Å². The van der Waals surface area contributed by atoms with Crippen LogP contribution in [0.1, 0.15) is 36.1 Å². The minimum Gasteiger partial charge on any atom is -0.507 e. The lowest BCUT2D eigenvalue weighted by molar-refractivity contribution is -0.139. The zero-order valence-electron chi connectivity index (χ0n) is 19.2. The number of ether oxygens (including phenoxy) is 2. The van der Waals surface area contributed by atoms with E-state index in [9.17, 15) is 14.7 Å². The molecule has 0 aliphatic carbocycles. The van der Waals surface area contributed by atoms with Gasteiger partial charge in [0.1, 0.15) is 12.4 Å². The number of nitrogens with zero attached hydrogens (tertiary/aromatic N) is 1. The van der Waals surface area contributed by atoms with Crippen LogP contribution in [0.15, 0.2) is 84.4 Å². The molecule has 3 aromatic rings. The van der Waals surface area contributed by atoms with E-state index in [0.717, 1.165) is 5.56 Å². The van der Waals surface area contributed by atoms with Gasteiger partial charge in [0.15, 0.2) is 11.5 Å². The van der Waals surface area contributed by atoms with Gasteiger partial charge >= 0.3 is 0 Å². The summed E-state index contributed by atoms with van der Waals surface area (Å²) in [5.41, 5.74) is 2.21. The van der Waals surface area contributed by atoms with Crippen molar-refractivity contribution < 1.29 is 24.2 Å². The number of hydrogen-bond donors (Lipinski definition) is 1. The van der Waals surface area contributed by atoms with Crippen molar-refractivity contribution in [2.45, 2.75) is 26.0 Å². The number of amides is 1. The van der Waals surface area contributed by atoms with Crippen LogP contribution >= 0.6 is 0 Å². The normalized spacial score (nSPS) is 17.1.